The zero-order valence-electron chi connectivity index (χ0n) is 16.1. The largest absolute Gasteiger partial charge is 0.467 e. The molecule has 2 heterocycles. The van der Waals surface area contributed by atoms with E-state index in [9.17, 15) is 14.0 Å². The summed E-state index contributed by atoms with van der Waals surface area (Å²) in [5, 5.41) is 2.52. The highest BCUT2D eigenvalue weighted by Gasteiger charge is 2.10. The van der Waals surface area contributed by atoms with E-state index in [0.29, 0.717) is 12.2 Å². The zero-order valence-corrected chi connectivity index (χ0v) is 16.1. The highest BCUT2D eigenvalue weighted by atomic mass is 19.1. The van der Waals surface area contributed by atoms with Gasteiger partial charge in [0.05, 0.1) is 12.8 Å². The molecule has 6 nitrogen and oxygen atoms in total. The number of aryl methyl sites for hydroxylation is 1. The topological polar surface area (TPSA) is 73.5 Å². The van der Waals surface area contributed by atoms with Crippen molar-refractivity contribution in [2.24, 2.45) is 0 Å². The minimum Gasteiger partial charge on any atom is -0.467 e. The van der Waals surface area contributed by atoms with Gasteiger partial charge in [0.1, 0.15) is 11.6 Å². The van der Waals surface area contributed by atoms with Gasteiger partial charge < -0.3 is 19.0 Å². The summed E-state index contributed by atoms with van der Waals surface area (Å²) < 4.78 is 25.3. The van der Waals surface area contributed by atoms with Crippen molar-refractivity contribution in [3.8, 4) is 0 Å². The summed E-state index contributed by atoms with van der Waals surface area (Å²) in [6, 6.07) is 11.0. The SMILES string of the molecule is Cc1cc(/C=C/C(=O)OCC(=O)Nc2ccc(F)cc2)c(C)n1Cc1ccco1. The van der Waals surface area contributed by atoms with Crippen LogP contribution in [0.15, 0.2) is 59.2 Å². The fourth-order valence-corrected chi connectivity index (χ4v) is 2.87. The second-order valence-electron chi connectivity index (χ2n) is 6.49. The summed E-state index contributed by atoms with van der Waals surface area (Å²) in [6.07, 6.45) is 4.57. The highest BCUT2D eigenvalue weighted by Crippen LogP contribution is 2.18. The molecular weight excluding hydrogens is 375 g/mol. The van der Waals surface area contributed by atoms with Gasteiger partial charge in [-0.2, -0.15) is 0 Å². The monoisotopic (exact) mass is 396 g/mol. The third-order valence-corrected chi connectivity index (χ3v) is 4.38. The van der Waals surface area contributed by atoms with Crippen LogP contribution in [0.4, 0.5) is 10.1 Å². The van der Waals surface area contributed by atoms with Gasteiger partial charge >= 0.3 is 5.97 Å². The average molecular weight is 396 g/mol. The Morgan fingerprint density at radius 1 is 1.21 bits per heavy atom. The van der Waals surface area contributed by atoms with Gasteiger partial charge in [0.2, 0.25) is 0 Å². The zero-order chi connectivity index (χ0) is 20.8. The molecule has 2 aromatic heterocycles. The number of amides is 1. The van der Waals surface area contributed by atoms with Crippen molar-refractivity contribution in [2.75, 3.05) is 11.9 Å². The van der Waals surface area contributed by atoms with Gasteiger partial charge in [-0.15, -0.1) is 0 Å². The van der Waals surface area contributed by atoms with E-state index in [0.717, 1.165) is 22.7 Å². The lowest BCUT2D eigenvalue weighted by Gasteiger charge is -2.07. The van der Waals surface area contributed by atoms with Gasteiger partial charge in [0, 0.05) is 23.2 Å². The summed E-state index contributed by atoms with van der Waals surface area (Å²) in [5.41, 5.74) is 3.32. The number of nitrogens with zero attached hydrogens (tertiary/aromatic N) is 1. The minimum atomic E-state index is -0.630. The number of hydrogen-bond acceptors (Lipinski definition) is 4. The summed E-state index contributed by atoms with van der Waals surface area (Å²) in [6.45, 7) is 4.10. The van der Waals surface area contributed by atoms with Crippen molar-refractivity contribution in [3.05, 3.63) is 83.3 Å². The van der Waals surface area contributed by atoms with Crippen LogP contribution in [-0.4, -0.2) is 23.1 Å². The number of furan rings is 1. The lowest BCUT2D eigenvalue weighted by Crippen LogP contribution is -2.20. The molecule has 0 saturated carbocycles. The van der Waals surface area contributed by atoms with E-state index in [2.05, 4.69) is 9.88 Å². The number of nitrogens with one attached hydrogen (secondary N) is 1. The van der Waals surface area contributed by atoms with Gasteiger partial charge in [-0.05, 0) is 68.0 Å². The lowest BCUT2D eigenvalue weighted by molar-refractivity contribution is -0.142. The number of rotatable bonds is 7. The minimum absolute atomic E-state index is 0.400. The summed E-state index contributed by atoms with van der Waals surface area (Å²) in [5.74, 6) is -0.693. The Bertz CT molecular complexity index is 1020. The molecule has 0 saturated heterocycles. The molecule has 0 bridgehead atoms. The number of anilines is 1. The predicted molar refractivity (Wildman–Crippen MR) is 107 cm³/mol. The molecule has 7 heteroatoms. The third-order valence-electron chi connectivity index (χ3n) is 4.38. The highest BCUT2D eigenvalue weighted by molar-refractivity contribution is 5.94. The molecule has 3 rings (SSSR count). The maximum absolute atomic E-state index is 12.9. The van der Waals surface area contributed by atoms with Crippen molar-refractivity contribution in [3.63, 3.8) is 0 Å². The van der Waals surface area contributed by atoms with Crippen LogP contribution in [0.1, 0.15) is 22.7 Å². The van der Waals surface area contributed by atoms with Crippen LogP contribution < -0.4 is 5.32 Å². The first-order valence-corrected chi connectivity index (χ1v) is 9.02. The Kier molecular flexibility index (Phi) is 6.29. The van der Waals surface area contributed by atoms with Gasteiger partial charge in [-0.25, -0.2) is 9.18 Å². The van der Waals surface area contributed by atoms with E-state index >= 15 is 0 Å². The summed E-state index contributed by atoms with van der Waals surface area (Å²) in [7, 11) is 0. The molecule has 0 unspecified atom stereocenters. The molecule has 0 radical (unpaired) electrons. The van der Waals surface area contributed by atoms with Crippen molar-refractivity contribution >= 4 is 23.6 Å². The van der Waals surface area contributed by atoms with Crippen LogP contribution in [0.5, 0.6) is 0 Å². The van der Waals surface area contributed by atoms with Crippen molar-refractivity contribution in [2.45, 2.75) is 20.4 Å². The molecule has 0 aliphatic rings. The van der Waals surface area contributed by atoms with E-state index in [1.807, 2.05) is 32.0 Å². The third kappa shape index (κ3) is 5.44. The maximum Gasteiger partial charge on any atom is 0.331 e. The molecule has 1 amide bonds. The molecule has 0 aliphatic carbocycles. The number of esters is 1. The Balaban J connectivity index is 1.53. The molecule has 0 atom stereocenters. The number of halogens is 1. The average Bonchev–Trinajstić information content (AvgIpc) is 3.30. The van der Waals surface area contributed by atoms with E-state index in [4.69, 9.17) is 9.15 Å². The number of carbonyl (C=O) groups excluding carboxylic acids is 2. The predicted octanol–water partition coefficient (Wildman–Crippen LogP) is 4.08. The van der Waals surface area contributed by atoms with Crippen LogP contribution in [0.2, 0.25) is 0 Å². The van der Waals surface area contributed by atoms with Gasteiger partial charge in [0.25, 0.3) is 5.91 Å². The lowest BCUT2D eigenvalue weighted by atomic mass is 10.2. The number of carbonyl (C=O) groups is 2. The standard InChI is InChI=1S/C22H21FN2O4/c1-15-12-17(16(2)25(15)13-20-4-3-11-28-20)5-10-22(27)29-14-21(26)24-19-8-6-18(23)7-9-19/h3-12H,13-14H2,1-2H3,(H,24,26)/b10-5+. The Hall–Kier alpha value is -3.61. The first-order chi connectivity index (χ1) is 13.9. The van der Waals surface area contributed by atoms with Crippen LogP contribution in [0, 0.1) is 19.7 Å². The van der Waals surface area contributed by atoms with Crippen LogP contribution in [0.3, 0.4) is 0 Å². The maximum atomic E-state index is 12.9. The number of benzene rings is 1. The fourth-order valence-electron chi connectivity index (χ4n) is 2.87. The van der Waals surface area contributed by atoms with Gasteiger partial charge in [-0.1, -0.05) is 0 Å². The molecule has 29 heavy (non-hydrogen) atoms. The van der Waals surface area contributed by atoms with Crippen LogP contribution in [-0.2, 0) is 20.9 Å². The van der Waals surface area contributed by atoms with Gasteiger partial charge in [0.15, 0.2) is 6.61 Å². The van der Waals surface area contributed by atoms with Crippen LogP contribution in [0.25, 0.3) is 6.08 Å². The summed E-state index contributed by atoms with van der Waals surface area (Å²) in [4.78, 5) is 23.7. The number of hydrogen-bond donors (Lipinski definition) is 1. The molecule has 1 N–H and O–H groups in total. The molecule has 150 valence electrons. The Morgan fingerprint density at radius 3 is 2.66 bits per heavy atom. The van der Waals surface area contributed by atoms with Crippen molar-refractivity contribution < 1.29 is 23.1 Å². The van der Waals surface area contributed by atoms with E-state index in [1.54, 1.807) is 12.3 Å². The number of ether oxygens (including phenoxy) is 1. The molecule has 0 aliphatic heterocycles. The molecule has 3 aromatic rings. The second kappa shape index (κ2) is 9.05. The molecule has 0 spiro atoms. The normalized spacial score (nSPS) is 11.0. The first kappa shape index (κ1) is 20.1. The Morgan fingerprint density at radius 2 is 1.97 bits per heavy atom. The molecule has 1 aromatic carbocycles. The van der Waals surface area contributed by atoms with Crippen LogP contribution >= 0.6 is 0 Å². The summed E-state index contributed by atoms with van der Waals surface area (Å²) >= 11 is 0. The first-order valence-electron chi connectivity index (χ1n) is 9.02. The smallest absolute Gasteiger partial charge is 0.331 e. The second-order valence-corrected chi connectivity index (χ2v) is 6.49. The van der Waals surface area contributed by atoms with E-state index < -0.39 is 24.3 Å². The van der Waals surface area contributed by atoms with E-state index in [-0.39, 0.29) is 0 Å². The van der Waals surface area contributed by atoms with E-state index in [1.165, 1.54) is 30.3 Å². The fraction of sp³-hybridized carbons (Fsp3) is 0.182. The van der Waals surface area contributed by atoms with Crippen molar-refractivity contribution in [1.29, 1.82) is 0 Å². The molecular formula is C22H21FN2O4. The van der Waals surface area contributed by atoms with Crippen molar-refractivity contribution in [1.82, 2.24) is 4.57 Å². The molecule has 0 fully saturated rings. The Labute approximate surface area is 167 Å². The quantitative estimate of drug-likeness (QED) is 0.482. The number of aromatic nitrogens is 1. The van der Waals surface area contributed by atoms with Gasteiger partial charge in [-0.3, -0.25) is 4.79 Å².